The van der Waals surface area contributed by atoms with E-state index < -0.39 is 0 Å². The lowest BCUT2D eigenvalue weighted by Gasteiger charge is -2.34. The summed E-state index contributed by atoms with van der Waals surface area (Å²) in [6.45, 7) is 3.84. The molecule has 1 N–H and O–H groups in total. The number of hydrogen-bond donors (Lipinski definition) is 1. The van der Waals surface area contributed by atoms with Crippen LogP contribution in [-0.4, -0.2) is 49.0 Å². The van der Waals surface area contributed by atoms with Gasteiger partial charge < -0.3 is 9.84 Å². The molecule has 1 rings (SSSR count). The first-order valence-corrected chi connectivity index (χ1v) is 3.66. The van der Waals surface area contributed by atoms with Crippen LogP contribution < -0.4 is 0 Å². The summed E-state index contributed by atoms with van der Waals surface area (Å²) in [5.74, 6) is 0. The van der Waals surface area contributed by atoms with Crippen LogP contribution in [-0.2, 0) is 4.74 Å². The van der Waals surface area contributed by atoms with Crippen LogP contribution in [0.3, 0.4) is 0 Å². The van der Waals surface area contributed by atoms with Crippen LogP contribution in [0, 0.1) is 0 Å². The average molecular weight is 145 g/mol. The predicted molar refractivity (Wildman–Crippen MR) is 38.9 cm³/mol. The number of aliphatic hydroxyl groups is 1. The van der Waals surface area contributed by atoms with Gasteiger partial charge in [-0.1, -0.05) is 0 Å². The Kier molecular flexibility index (Phi) is 2.65. The van der Waals surface area contributed by atoms with Crippen LogP contribution in [0.15, 0.2) is 0 Å². The van der Waals surface area contributed by atoms with Crippen LogP contribution in [0.2, 0.25) is 0 Å². The smallest absolute Gasteiger partial charge is 0.0933 e. The zero-order valence-electron chi connectivity index (χ0n) is 6.58. The number of hydrogen-bond acceptors (Lipinski definition) is 3. The molecule has 0 radical (unpaired) electrons. The standard InChI is InChI=1S/C7H15NO2/c1-6-5-10-7(4-9)3-8(6)2/h6-7,9H,3-5H2,1-2H3/t6?,7-/m0/s1. The Bertz CT molecular complexity index is 108. The van der Waals surface area contributed by atoms with E-state index in [1.165, 1.54) is 0 Å². The van der Waals surface area contributed by atoms with Crippen LogP contribution in [0.1, 0.15) is 6.92 Å². The highest BCUT2D eigenvalue weighted by atomic mass is 16.5. The van der Waals surface area contributed by atoms with Crippen molar-refractivity contribution in [3.8, 4) is 0 Å². The first-order valence-electron chi connectivity index (χ1n) is 3.66. The molecule has 0 aromatic carbocycles. The zero-order valence-corrected chi connectivity index (χ0v) is 6.58. The van der Waals surface area contributed by atoms with E-state index in [4.69, 9.17) is 9.84 Å². The van der Waals surface area contributed by atoms with Gasteiger partial charge in [-0.15, -0.1) is 0 Å². The number of aliphatic hydroxyl groups excluding tert-OH is 1. The highest BCUT2D eigenvalue weighted by Crippen LogP contribution is 2.07. The molecule has 1 fully saturated rings. The molecule has 1 aliphatic heterocycles. The third-order valence-corrected chi connectivity index (χ3v) is 2.02. The largest absolute Gasteiger partial charge is 0.394 e. The molecule has 0 amide bonds. The normalized spacial score (nSPS) is 36.3. The molecule has 1 unspecified atom stereocenters. The molecule has 0 aromatic heterocycles. The molecule has 0 spiro atoms. The fraction of sp³-hybridized carbons (Fsp3) is 1.00. The summed E-state index contributed by atoms with van der Waals surface area (Å²) in [5.41, 5.74) is 0. The molecule has 3 nitrogen and oxygen atoms in total. The minimum atomic E-state index is 0.0289. The van der Waals surface area contributed by atoms with E-state index in [0.29, 0.717) is 6.04 Å². The van der Waals surface area contributed by atoms with Gasteiger partial charge in [0.05, 0.1) is 19.3 Å². The molecule has 3 heteroatoms. The molecule has 1 heterocycles. The van der Waals surface area contributed by atoms with Crippen molar-refractivity contribution >= 4 is 0 Å². The molecule has 1 saturated heterocycles. The lowest BCUT2D eigenvalue weighted by Crippen LogP contribution is -2.47. The van der Waals surface area contributed by atoms with Gasteiger partial charge in [0.1, 0.15) is 0 Å². The van der Waals surface area contributed by atoms with Gasteiger partial charge in [-0.25, -0.2) is 0 Å². The molecule has 0 bridgehead atoms. The van der Waals surface area contributed by atoms with E-state index in [2.05, 4.69) is 18.9 Å². The van der Waals surface area contributed by atoms with Gasteiger partial charge in [-0.2, -0.15) is 0 Å². The van der Waals surface area contributed by atoms with E-state index in [-0.39, 0.29) is 12.7 Å². The molecule has 0 aromatic rings. The summed E-state index contributed by atoms with van der Waals surface area (Å²) in [5, 5.41) is 8.74. The SMILES string of the molecule is CC1CO[C@H](CO)CN1C. The van der Waals surface area contributed by atoms with Crippen molar-refractivity contribution in [2.75, 3.05) is 26.8 Å². The Labute approximate surface area is 61.6 Å². The fourth-order valence-corrected chi connectivity index (χ4v) is 1.07. The van der Waals surface area contributed by atoms with E-state index in [1.54, 1.807) is 0 Å². The van der Waals surface area contributed by atoms with E-state index in [0.717, 1.165) is 13.2 Å². The summed E-state index contributed by atoms with van der Waals surface area (Å²) >= 11 is 0. The highest BCUT2D eigenvalue weighted by molar-refractivity contribution is 4.73. The summed E-state index contributed by atoms with van der Waals surface area (Å²) in [7, 11) is 2.05. The maximum atomic E-state index is 8.74. The van der Waals surface area contributed by atoms with Crippen molar-refractivity contribution in [1.82, 2.24) is 4.90 Å². The van der Waals surface area contributed by atoms with Crippen LogP contribution in [0.5, 0.6) is 0 Å². The second-order valence-corrected chi connectivity index (χ2v) is 2.93. The topological polar surface area (TPSA) is 32.7 Å². The summed E-state index contributed by atoms with van der Waals surface area (Å²) in [4.78, 5) is 2.20. The van der Waals surface area contributed by atoms with Crippen molar-refractivity contribution in [3.05, 3.63) is 0 Å². The van der Waals surface area contributed by atoms with E-state index in [9.17, 15) is 0 Å². The molecule has 0 aliphatic carbocycles. The Hall–Kier alpha value is -0.120. The van der Waals surface area contributed by atoms with Gasteiger partial charge >= 0.3 is 0 Å². The molecule has 1 aliphatic rings. The van der Waals surface area contributed by atoms with Gasteiger partial charge in [0.15, 0.2) is 0 Å². The Morgan fingerprint density at radius 1 is 1.70 bits per heavy atom. The fourth-order valence-electron chi connectivity index (χ4n) is 1.07. The summed E-state index contributed by atoms with van der Waals surface area (Å²) in [6, 6.07) is 0.489. The average Bonchev–Trinajstić information content (AvgIpc) is 1.95. The third kappa shape index (κ3) is 1.68. The number of ether oxygens (including phenoxy) is 1. The van der Waals surface area contributed by atoms with Gasteiger partial charge in [-0.05, 0) is 14.0 Å². The Morgan fingerprint density at radius 2 is 2.40 bits per heavy atom. The van der Waals surface area contributed by atoms with Crippen LogP contribution >= 0.6 is 0 Å². The lowest BCUT2D eigenvalue weighted by molar-refractivity contribution is -0.0694. The first kappa shape index (κ1) is 7.98. The van der Waals surface area contributed by atoms with Gasteiger partial charge in [0.2, 0.25) is 0 Å². The van der Waals surface area contributed by atoms with Crippen molar-refractivity contribution in [2.45, 2.75) is 19.1 Å². The van der Waals surface area contributed by atoms with Crippen LogP contribution in [0.4, 0.5) is 0 Å². The predicted octanol–water partition coefficient (Wildman–Crippen LogP) is -0.302. The Morgan fingerprint density at radius 3 is 2.90 bits per heavy atom. The summed E-state index contributed by atoms with van der Waals surface area (Å²) < 4.78 is 5.32. The quantitative estimate of drug-likeness (QED) is 0.550. The minimum Gasteiger partial charge on any atom is -0.394 e. The lowest BCUT2D eigenvalue weighted by atomic mass is 10.2. The van der Waals surface area contributed by atoms with Crippen LogP contribution in [0.25, 0.3) is 0 Å². The molecular weight excluding hydrogens is 130 g/mol. The Balaban J connectivity index is 2.33. The first-order chi connectivity index (χ1) is 4.74. The summed E-state index contributed by atoms with van der Waals surface area (Å²) in [6.07, 6.45) is 0.0289. The molecule has 2 atom stereocenters. The third-order valence-electron chi connectivity index (χ3n) is 2.02. The highest BCUT2D eigenvalue weighted by Gasteiger charge is 2.21. The maximum Gasteiger partial charge on any atom is 0.0933 e. The second kappa shape index (κ2) is 3.32. The van der Waals surface area contributed by atoms with Crippen molar-refractivity contribution in [3.63, 3.8) is 0 Å². The van der Waals surface area contributed by atoms with Gasteiger partial charge in [0, 0.05) is 12.6 Å². The number of nitrogens with zero attached hydrogens (tertiary/aromatic N) is 1. The maximum absolute atomic E-state index is 8.74. The molecule has 60 valence electrons. The molecule has 10 heavy (non-hydrogen) atoms. The number of morpholine rings is 1. The van der Waals surface area contributed by atoms with Crippen molar-refractivity contribution in [2.24, 2.45) is 0 Å². The van der Waals surface area contributed by atoms with E-state index in [1.807, 2.05) is 0 Å². The number of likely N-dealkylation sites (N-methyl/N-ethyl adjacent to an activating group) is 1. The van der Waals surface area contributed by atoms with E-state index >= 15 is 0 Å². The van der Waals surface area contributed by atoms with Crippen molar-refractivity contribution < 1.29 is 9.84 Å². The minimum absolute atomic E-state index is 0.0289. The molecular formula is C7H15NO2. The number of rotatable bonds is 1. The van der Waals surface area contributed by atoms with Crippen molar-refractivity contribution in [1.29, 1.82) is 0 Å². The van der Waals surface area contributed by atoms with Gasteiger partial charge in [0.25, 0.3) is 0 Å². The monoisotopic (exact) mass is 145 g/mol. The zero-order chi connectivity index (χ0) is 7.56. The second-order valence-electron chi connectivity index (χ2n) is 2.93. The van der Waals surface area contributed by atoms with Gasteiger partial charge in [-0.3, -0.25) is 4.90 Å². The molecule has 0 saturated carbocycles.